The van der Waals surface area contributed by atoms with Crippen LogP contribution in [0.5, 0.6) is 0 Å². The first-order chi connectivity index (χ1) is 19.6. The molecule has 0 radical (unpaired) electrons. The summed E-state index contributed by atoms with van der Waals surface area (Å²) < 4.78 is 12.7. The Morgan fingerprint density at radius 3 is 2.59 bits per heavy atom. The highest BCUT2D eigenvalue weighted by Gasteiger charge is 2.34. The quantitative estimate of drug-likeness (QED) is 0.425. The second-order valence-electron chi connectivity index (χ2n) is 11.1. The molecule has 1 atom stereocenters. The van der Waals surface area contributed by atoms with Crippen LogP contribution in [0.25, 0.3) is 11.0 Å². The number of carbonyl (C=O) groups is 2. The fraction of sp³-hybridized carbons (Fsp3) is 0.344. The van der Waals surface area contributed by atoms with Crippen LogP contribution in [0, 0.1) is 6.92 Å². The van der Waals surface area contributed by atoms with Gasteiger partial charge in [0.1, 0.15) is 29.0 Å². The number of nitrogens with one attached hydrogen (secondary N) is 1. The van der Waals surface area contributed by atoms with Crippen LogP contribution >= 0.6 is 0 Å². The maximum atomic E-state index is 13.6. The van der Waals surface area contributed by atoms with Gasteiger partial charge in [-0.1, -0.05) is 24.3 Å². The number of amides is 1. The van der Waals surface area contributed by atoms with Crippen LogP contribution in [0.3, 0.4) is 0 Å². The number of carbonyl (C=O) groups excluding carboxylic acids is 3. The number of methoxy groups -OCH3 is 1. The molecule has 0 fully saturated rings. The highest BCUT2D eigenvalue weighted by atomic mass is 16.6. The summed E-state index contributed by atoms with van der Waals surface area (Å²) in [5.74, 6) is 2.05. The molecule has 0 spiro atoms. The third kappa shape index (κ3) is 5.46. The van der Waals surface area contributed by atoms with Gasteiger partial charge in [-0.15, -0.1) is 0 Å². The molecule has 1 aromatic heterocycles. The zero-order valence-corrected chi connectivity index (χ0v) is 24.0. The van der Waals surface area contributed by atoms with E-state index in [2.05, 4.69) is 33.3 Å². The van der Waals surface area contributed by atoms with Gasteiger partial charge < -0.3 is 19.7 Å². The molecule has 0 bridgehead atoms. The number of fused-ring (bicyclic) bond motifs is 2. The van der Waals surface area contributed by atoms with Gasteiger partial charge >= 0.3 is 6.09 Å². The van der Waals surface area contributed by atoms with Crippen molar-refractivity contribution in [3.8, 4) is 0 Å². The lowest BCUT2D eigenvalue weighted by atomic mass is 9.92. The number of aryl methyl sites for hydroxylation is 2. The first-order valence-corrected chi connectivity index (χ1v) is 13.7. The van der Waals surface area contributed by atoms with Crippen molar-refractivity contribution < 1.29 is 23.9 Å². The molecule has 2 aliphatic rings. The van der Waals surface area contributed by atoms with Crippen LogP contribution in [0.2, 0.25) is 0 Å². The van der Waals surface area contributed by atoms with Crippen molar-refractivity contribution in [2.24, 2.45) is 0 Å². The van der Waals surface area contributed by atoms with Crippen LogP contribution in [0.1, 0.15) is 45.0 Å². The molecule has 212 valence electrons. The number of benzene rings is 2. The highest BCUT2D eigenvalue weighted by molar-refractivity contribution is 6.10. The highest BCUT2D eigenvalue weighted by Crippen LogP contribution is 2.36. The number of nitrogens with zero attached hydrogens (tertiary/aromatic N) is 3. The standard InChI is InChI=1S/C32H34N4O5/c1-20-33-28-24(13-10-15-27(28)36(20)31(39)41-32(2,3)4)34-30(38)22-16-17-26(23(19-37)29(22)40-5)35-18-9-8-12-21-11-6-7-14-25(21)35/h6-7,10-11,13-17,29H,8-9,12,18H2,1-5H3,(H,34,38). The number of ether oxygens (including phenoxy) is 2. The number of anilines is 2. The van der Waals surface area contributed by atoms with E-state index in [4.69, 9.17) is 9.47 Å². The second-order valence-corrected chi connectivity index (χ2v) is 11.1. The fourth-order valence-corrected chi connectivity index (χ4v) is 5.41. The number of rotatable bonds is 4. The van der Waals surface area contributed by atoms with E-state index in [1.165, 1.54) is 17.2 Å². The van der Waals surface area contributed by atoms with Gasteiger partial charge in [0, 0.05) is 19.3 Å². The zero-order chi connectivity index (χ0) is 29.3. The average molecular weight is 555 g/mol. The summed E-state index contributed by atoms with van der Waals surface area (Å²) in [6.45, 7) is 7.82. The molecule has 1 N–H and O–H groups in total. The number of hydrogen-bond acceptors (Lipinski definition) is 7. The lowest BCUT2D eigenvalue weighted by Gasteiger charge is -2.32. The van der Waals surface area contributed by atoms with Crippen molar-refractivity contribution in [3.05, 3.63) is 82.8 Å². The predicted molar refractivity (Wildman–Crippen MR) is 158 cm³/mol. The lowest BCUT2D eigenvalue weighted by molar-refractivity contribution is -0.113. The van der Waals surface area contributed by atoms with E-state index < -0.39 is 23.7 Å². The fourth-order valence-electron chi connectivity index (χ4n) is 5.41. The van der Waals surface area contributed by atoms with E-state index in [1.54, 1.807) is 58.0 Å². The molecular weight excluding hydrogens is 520 g/mol. The number of aromatic nitrogens is 2. The molecule has 0 saturated heterocycles. The Morgan fingerprint density at radius 2 is 1.85 bits per heavy atom. The van der Waals surface area contributed by atoms with Gasteiger partial charge in [-0.05, 0) is 82.9 Å². The van der Waals surface area contributed by atoms with Gasteiger partial charge in [0.15, 0.2) is 0 Å². The van der Waals surface area contributed by atoms with Crippen LogP contribution < -0.4 is 10.2 Å². The molecule has 9 nitrogen and oxygen atoms in total. The molecule has 5 rings (SSSR count). The normalized spacial score (nSPS) is 17.2. The van der Waals surface area contributed by atoms with Crippen LogP contribution in [0.4, 0.5) is 16.2 Å². The molecule has 0 saturated carbocycles. The molecule has 3 aromatic rings. The minimum atomic E-state index is -0.914. The van der Waals surface area contributed by atoms with Gasteiger partial charge in [-0.3, -0.25) is 4.79 Å². The molecule has 2 heterocycles. The van der Waals surface area contributed by atoms with Crippen molar-refractivity contribution in [2.75, 3.05) is 23.9 Å². The molecule has 41 heavy (non-hydrogen) atoms. The van der Waals surface area contributed by atoms with Gasteiger partial charge in [-0.25, -0.2) is 19.1 Å². The largest absolute Gasteiger partial charge is 0.443 e. The summed E-state index contributed by atoms with van der Waals surface area (Å²) in [5.41, 5.74) is 4.14. The number of allylic oxidation sites excluding steroid dienone is 2. The van der Waals surface area contributed by atoms with E-state index in [0.717, 1.165) is 31.5 Å². The lowest BCUT2D eigenvalue weighted by Crippen LogP contribution is -2.35. The summed E-state index contributed by atoms with van der Waals surface area (Å²) >= 11 is 0. The Labute approximate surface area is 239 Å². The smallest absolute Gasteiger partial charge is 0.420 e. The summed E-state index contributed by atoms with van der Waals surface area (Å²) in [5, 5.41) is 2.91. The SMILES string of the molecule is COC1C(=C=O)C(N2CCCCc3ccccc32)=CC=C1C(=O)Nc1cccc2c1nc(C)n2C(=O)OC(C)(C)C. The summed E-state index contributed by atoms with van der Waals surface area (Å²) in [6.07, 6.45) is 4.99. The first kappa shape index (κ1) is 28.1. The van der Waals surface area contributed by atoms with E-state index in [-0.39, 0.29) is 11.1 Å². The van der Waals surface area contributed by atoms with E-state index in [0.29, 0.717) is 28.2 Å². The molecule has 2 aromatic carbocycles. The maximum Gasteiger partial charge on any atom is 0.420 e. The molecule has 1 unspecified atom stereocenters. The third-order valence-corrected chi connectivity index (χ3v) is 7.18. The van der Waals surface area contributed by atoms with Gasteiger partial charge in [0.05, 0.1) is 28.0 Å². The van der Waals surface area contributed by atoms with Crippen LogP contribution in [-0.4, -0.2) is 52.9 Å². The molecule has 1 amide bonds. The van der Waals surface area contributed by atoms with Crippen molar-refractivity contribution in [1.29, 1.82) is 0 Å². The number of para-hydroxylation sites is 2. The van der Waals surface area contributed by atoms with Crippen molar-refractivity contribution in [3.63, 3.8) is 0 Å². The van der Waals surface area contributed by atoms with Crippen LogP contribution in [0.15, 0.2) is 71.5 Å². The predicted octanol–water partition coefficient (Wildman–Crippen LogP) is 5.51. The summed E-state index contributed by atoms with van der Waals surface area (Å²) in [7, 11) is 1.47. The van der Waals surface area contributed by atoms with E-state index in [9.17, 15) is 14.4 Å². The summed E-state index contributed by atoms with van der Waals surface area (Å²) in [6, 6.07) is 13.4. The van der Waals surface area contributed by atoms with Crippen molar-refractivity contribution in [2.45, 2.75) is 58.7 Å². The van der Waals surface area contributed by atoms with Gasteiger partial charge in [0.2, 0.25) is 0 Å². The first-order valence-electron chi connectivity index (χ1n) is 13.7. The Kier molecular flexibility index (Phi) is 7.67. The number of hydrogen-bond donors (Lipinski definition) is 1. The van der Waals surface area contributed by atoms with Gasteiger partial charge in [0.25, 0.3) is 5.91 Å². The van der Waals surface area contributed by atoms with Gasteiger partial charge in [-0.2, -0.15) is 0 Å². The maximum absolute atomic E-state index is 13.6. The Hall–Kier alpha value is -4.46. The molecule has 1 aliphatic heterocycles. The zero-order valence-electron chi connectivity index (χ0n) is 24.0. The molecule has 9 heteroatoms. The monoisotopic (exact) mass is 554 g/mol. The topological polar surface area (TPSA) is 103 Å². The van der Waals surface area contributed by atoms with Crippen LogP contribution in [-0.2, 0) is 25.5 Å². The Balaban J connectivity index is 1.49. The Bertz CT molecular complexity index is 1640. The summed E-state index contributed by atoms with van der Waals surface area (Å²) in [4.78, 5) is 45.5. The van der Waals surface area contributed by atoms with E-state index in [1.807, 2.05) is 12.1 Å². The average Bonchev–Trinajstić information content (AvgIpc) is 3.13. The Morgan fingerprint density at radius 1 is 1.07 bits per heavy atom. The van der Waals surface area contributed by atoms with Crippen molar-refractivity contribution >= 4 is 40.3 Å². The number of imidazole rings is 1. The molecule has 1 aliphatic carbocycles. The third-order valence-electron chi connectivity index (χ3n) is 7.18. The van der Waals surface area contributed by atoms with Crippen molar-refractivity contribution in [1.82, 2.24) is 9.55 Å². The minimum absolute atomic E-state index is 0.262. The molecular formula is C32H34N4O5. The second kappa shape index (κ2) is 11.2. The van der Waals surface area contributed by atoms with E-state index >= 15 is 0 Å². The minimum Gasteiger partial charge on any atom is -0.443 e.